The Morgan fingerprint density at radius 3 is 0.827 bits per heavy atom. The van der Waals surface area contributed by atoms with E-state index in [1.54, 1.807) is 24.3 Å². The van der Waals surface area contributed by atoms with E-state index in [2.05, 4.69) is 207 Å². The summed E-state index contributed by atoms with van der Waals surface area (Å²) in [5.74, 6) is -1.15. The van der Waals surface area contributed by atoms with Gasteiger partial charge in [-0.15, -0.1) is 0 Å². The minimum Gasteiger partial charge on any atom is -0.457 e. The zero-order chi connectivity index (χ0) is 74.5. The highest BCUT2D eigenvalue weighted by Crippen LogP contribution is 2.61. The maximum atomic E-state index is 15.9. The Morgan fingerprint density at radius 1 is 0.227 bits per heavy atom. The summed E-state index contributed by atoms with van der Waals surface area (Å²) in [6.45, 7) is 7.83. The number of halogens is 4. The van der Waals surface area contributed by atoms with Crippen molar-refractivity contribution in [1.82, 2.24) is 0 Å². The lowest BCUT2D eigenvalue weighted by atomic mass is 9.67. The van der Waals surface area contributed by atoms with E-state index in [-0.39, 0.29) is 0 Å². The molecular formula is C102H68F4N2O2. The van der Waals surface area contributed by atoms with Crippen molar-refractivity contribution in [3.05, 3.63) is 468 Å². The van der Waals surface area contributed by atoms with Crippen molar-refractivity contribution in [3.8, 4) is 78.6 Å². The number of hydrogen-bond donors (Lipinski definition) is 0. The number of nitrogens with zero attached hydrogens (tertiary/aromatic N) is 2. The van der Waals surface area contributed by atoms with Crippen LogP contribution >= 0.6 is 0 Å². The third-order valence-electron chi connectivity index (χ3n) is 21.6. The van der Waals surface area contributed by atoms with Crippen LogP contribution in [0.1, 0.15) is 55.6 Å². The highest BCUT2D eigenvalue weighted by Gasteiger charge is 2.49. The van der Waals surface area contributed by atoms with Gasteiger partial charge in [0, 0.05) is 46.3 Å². The zero-order valence-corrected chi connectivity index (χ0v) is 59.6. The van der Waals surface area contributed by atoms with Crippen molar-refractivity contribution in [2.75, 3.05) is 9.80 Å². The quantitative estimate of drug-likeness (QED) is 0.0754. The van der Waals surface area contributed by atoms with Crippen LogP contribution < -0.4 is 19.3 Å². The molecule has 0 spiro atoms. The molecule has 0 amide bonds. The summed E-state index contributed by atoms with van der Waals surface area (Å²) >= 11 is 0. The molecule has 16 aromatic carbocycles. The van der Waals surface area contributed by atoms with Crippen LogP contribution in [0.4, 0.5) is 51.7 Å². The Balaban J connectivity index is 0.735. The topological polar surface area (TPSA) is 24.9 Å². The molecule has 0 aliphatic heterocycles. The third-order valence-corrected chi connectivity index (χ3v) is 21.6. The molecule has 18 rings (SSSR count). The van der Waals surface area contributed by atoms with Gasteiger partial charge in [-0.25, -0.2) is 17.6 Å². The number of fused-ring (bicyclic) bond motifs is 6. The lowest BCUT2D eigenvalue weighted by Gasteiger charge is -2.35. The van der Waals surface area contributed by atoms with Gasteiger partial charge in [0.2, 0.25) is 0 Å². The average molecular weight is 1430 g/mol. The van der Waals surface area contributed by atoms with E-state index in [1.165, 1.54) is 24.3 Å². The molecule has 2 unspecified atom stereocenters. The van der Waals surface area contributed by atoms with E-state index < -0.39 is 34.1 Å². The van der Waals surface area contributed by atoms with Crippen molar-refractivity contribution >= 4 is 46.3 Å². The minimum atomic E-state index is -0.984. The van der Waals surface area contributed by atoms with Crippen molar-refractivity contribution < 1.29 is 27.0 Å². The first-order valence-electron chi connectivity index (χ1n) is 36.6. The molecule has 0 N–H and O–H groups in total. The van der Waals surface area contributed by atoms with Crippen molar-refractivity contribution in [3.63, 3.8) is 0 Å². The first kappa shape index (κ1) is 67.8. The summed E-state index contributed by atoms with van der Waals surface area (Å²) < 4.78 is 75.2. The minimum absolute atomic E-state index is 0.413. The SMILES string of the molecule is C=Cc1ccc(Oc2ccc(C3(c4ccccc4)c4cc(-c5ccccc5)ccc4-c4ccc(N(c5ccc(-c6ccc(N(c7ccc(F)c(F)c7)c7ccc8c(c7)C(c7ccccc7)(c7ccc(Oc9ccc(C=C)cc9)cc7)c7cc(-c9ccccc9)ccc7-8)cc6)cc5)c5ccc(F)c(F)c5)cc43)cc2)cc1. The molecule has 2 aliphatic rings. The smallest absolute Gasteiger partial charge is 0.160 e. The first-order valence-corrected chi connectivity index (χ1v) is 36.6. The predicted molar refractivity (Wildman–Crippen MR) is 440 cm³/mol. The molecular weight excluding hydrogens is 1360 g/mol. The van der Waals surface area contributed by atoms with Crippen LogP contribution in [0.15, 0.2) is 389 Å². The normalized spacial score (nSPS) is 14.3. The highest BCUT2D eigenvalue weighted by molar-refractivity contribution is 5.94. The molecule has 0 fully saturated rings. The Morgan fingerprint density at radius 2 is 0.491 bits per heavy atom. The third kappa shape index (κ3) is 12.0. The fourth-order valence-electron chi connectivity index (χ4n) is 16.4. The van der Waals surface area contributed by atoms with Crippen LogP contribution in [-0.4, -0.2) is 0 Å². The van der Waals surface area contributed by atoms with E-state index >= 15 is 17.6 Å². The molecule has 0 bridgehead atoms. The lowest BCUT2D eigenvalue weighted by molar-refractivity contribution is 0.482. The molecule has 0 saturated heterocycles. The maximum absolute atomic E-state index is 15.9. The maximum Gasteiger partial charge on any atom is 0.160 e. The van der Waals surface area contributed by atoms with Crippen LogP contribution in [-0.2, 0) is 10.8 Å². The largest absolute Gasteiger partial charge is 0.457 e. The molecule has 0 radical (unpaired) electrons. The number of anilines is 6. The van der Waals surface area contributed by atoms with E-state index in [0.29, 0.717) is 57.1 Å². The summed E-state index contributed by atoms with van der Waals surface area (Å²) in [7, 11) is 0. The van der Waals surface area contributed by atoms with Crippen molar-refractivity contribution in [2.45, 2.75) is 10.8 Å². The second-order valence-corrected chi connectivity index (χ2v) is 27.7. The monoisotopic (exact) mass is 1430 g/mol. The summed E-state index contributed by atoms with van der Waals surface area (Å²) in [6.07, 6.45) is 3.61. The van der Waals surface area contributed by atoms with Gasteiger partial charge in [-0.3, -0.25) is 0 Å². The van der Waals surface area contributed by atoms with Gasteiger partial charge in [-0.2, -0.15) is 0 Å². The molecule has 2 aliphatic carbocycles. The van der Waals surface area contributed by atoms with Crippen LogP contribution in [0, 0.1) is 23.3 Å². The number of ether oxygens (including phenoxy) is 2. The molecule has 16 aromatic rings. The number of benzene rings is 16. The highest BCUT2D eigenvalue weighted by atomic mass is 19.2. The van der Waals surface area contributed by atoms with Crippen LogP contribution in [0.25, 0.3) is 67.8 Å². The van der Waals surface area contributed by atoms with Crippen molar-refractivity contribution in [2.24, 2.45) is 0 Å². The van der Waals surface area contributed by atoms with Gasteiger partial charge in [-0.05, 0) is 245 Å². The lowest BCUT2D eigenvalue weighted by Crippen LogP contribution is -2.29. The molecule has 526 valence electrons. The second-order valence-electron chi connectivity index (χ2n) is 27.7. The zero-order valence-electron chi connectivity index (χ0n) is 59.6. The van der Waals surface area contributed by atoms with Gasteiger partial charge >= 0.3 is 0 Å². The summed E-state index contributed by atoms with van der Waals surface area (Å²) in [6, 6.07) is 124. The summed E-state index contributed by atoms with van der Waals surface area (Å²) in [4.78, 5) is 3.94. The fourth-order valence-corrected chi connectivity index (χ4v) is 16.4. The summed E-state index contributed by atoms with van der Waals surface area (Å²) in [5.41, 5.74) is 22.3. The molecule has 0 heterocycles. The van der Waals surface area contributed by atoms with E-state index in [1.807, 2.05) is 155 Å². The van der Waals surface area contributed by atoms with Crippen LogP contribution in [0.2, 0.25) is 0 Å². The van der Waals surface area contributed by atoms with Gasteiger partial charge in [0.15, 0.2) is 23.3 Å². The van der Waals surface area contributed by atoms with Gasteiger partial charge < -0.3 is 19.3 Å². The molecule has 0 saturated carbocycles. The molecule has 2 atom stereocenters. The van der Waals surface area contributed by atoms with Crippen LogP contribution in [0.5, 0.6) is 23.0 Å². The molecule has 4 nitrogen and oxygen atoms in total. The first-order chi connectivity index (χ1) is 54.0. The van der Waals surface area contributed by atoms with Gasteiger partial charge in [0.25, 0.3) is 0 Å². The Bertz CT molecular complexity index is 5760. The Kier molecular flexibility index (Phi) is 17.5. The van der Waals surface area contributed by atoms with Gasteiger partial charge in [-0.1, -0.05) is 256 Å². The number of hydrogen-bond acceptors (Lipinski definition) is 4. The molecule has 0 aromatic heterocycles. The predicted octanol–water partition coefficient (Wildman–Crippen LogP) is 27.8. The molecule has 8 heteroatoms. The van der Waals surface area contributed by atoms with Gasteiger partial charge in [0.1, 0.15) is 23.0 Å². The second kappa shape index (κ2) is 28.3. The Labute approximate surface area is 636 Å². The van der Waals surface area contributed by atoms with Crippen molar-refractivity contribution in [1.29, 1.82) is 0 Å². The Hall–Kier alpha value is -14.1. The van der Waals surface area contributed by atoms with E-state index in [9.17, 15) is 0 Å². The van der Waals surface area contributed by atoms with Gasteiger partial charge in [0.05, 0.1) is 10.8 Å². The van der Waals surface area contributed by atoms with E-state index in [4.69, 9.17) is 9.47 Å². The fraction of sp³-hybridized carbons (Fsp3) is 0.0196. The number of rotatable bonds is 19. The summed E-state index contributed by atoms with van der Waals surface area (Å²) in [5, 5.41) is 0. The molecule has 110 heavy (non-hydrogen) atoms. The standard InChI is InChI=1S/C102H68F4N2O2/c1-3-67-25-47-85(48-26-67)109-87-51-35-77(36-52-87)101(75-21-13-7-14-22-75)93-61-73(69-17-9-5-10-18-69)33-55-89(93)91-57-43-81(63-95(91)101)107(83-45-59-97(103)99(105)65-83)79-39-29-71(30-40-79)72-31-41-80(42-32-72)108(84-46-60-98(104)100(106)66-84)82-44-58-92-90-56-34-74(70-19-11-6-12-20-70)62-94(90)102(96(92)64-82,76-23-15-8-16-24-76)78-37-53-88(54-38-78)110-86-49-27-68(4-2)28-50-86/h3-66H,1-2H2. The average Bonchev–Trinajstić information content (AvgIpc) is 1.53. The van der Waals surface area contributed by atoms with E-state index in [0.717, 1.165) is 111 Å². The van der Waals surface area contributed by atoms with Crippen LogP contribution in [0.3, 0.4) is 0 Å².